The first kappa shape index (κ1) is 60.7. The van der Waals surface area contributed by atoms with Crippen molar-refractivity contribution in [3.8, 4) is 0 Å². The van der Waals surface area contributed by atoms with Gasteiger partial charge in [-0.15, -0.1) is 0 Å². The molecule has 0 aromatic heterocycles. The van der Waals surface area contributed by atoms with Gasteiger partial charge in [0.05, 0.1) is 19.8 Å². The van der Waals surface area contributed by atoms with Crippen LogP contribution in [0, 0.1) is 0 Å². The van der Waals surface area contributed by atoms with Crippen LogP contribution in [0.15, 0.2) is 12.2 Å². The Morgan fingerprint density at radius 3 is 1.23 bits per heavy atom. The Bertz CT molecular complexity index is 1040. The molecule has 11 heteroatoms. The van der Waals surface area contributed by atoms with Crippen molar-refractivity contribution < 1.29 is 42.7 Å². The summed E-state index contributed by atoms with van der Waals surface area (Å²) >= 11 is 0. The molecule has 4 N–H and O–H groups in total. The van der Waals surface area contributed by atoms with E-state index in [4.69, 9.17) is 29.4 Å². The summed E-state index contributed by atoms with van der Waals surface area (Å²) in [5, 5.41) is 8.93. The second kappa shape index (κ2) is 47.7. The van der Waals surface area contributed by atoms with Gasteiger partial charge in [-0.05, 0) is 38.5 Å². The molecule has 0 radical (unpaired) electrons. The Labute approximate surface area is 382 Å². The number of nitrogens with two attached hydrogens (primary N) is 1. The third-order valence-corrected chi connectivity index (χ3v) is 12.7. The number of rotatable bonds is 51. The van der Waals surface area contributed by atoms with Gasteiger partial charge in [0.25, 0.3) is 0 Å². The zero-order valence-electron chi connectivity index (χ0n) is 40.5. The van der Waals surface area contributed by atoms with Gasteiger partial charge in [0.15, 0.2) is 0 Å². The lowest BCUT2D eigenvalue weighted by Crippen LogP contribution is -2.34. The van der Waals surface area contributed by atoms with Gasteiger partial charge in [0, 0.05) is 13.0 Å². The minimum absolute atomic E-state index is 0.0224. The van der Waals surface area contributed by atoms with Gasteiger partial charge < -0.3 is 25.2 Å². The van der Waals surface area contributed by atoms with Gasteiger partial charge in [0.2, 0.25) is 0 Å². The van der Waals surface area contributed by atoms with E-state index in [1.165, 1.54) is 205 Å². The first-order valence-electron chi connectivity index (χ1n) is 26.2. The predicted octanol–water partition coefficient (Wildman–Crippen LogP) is 15.3. The fraction of sp³-hybridized carbons (Fsp3) is 0.922. The average Bonchev–Trinajstić information content (AvgIpc) is 3.25. The minimum atomic E-state index is -4.62. The molecular formula is C51H100NO9P. The highest BCUT2D eigenvalue weighted by Crippen LogP contribution is 2.43. The van der Waals surface area contributed by atoms with Gasteiger partial charge in [-0.3, -0.25) is 18.6 Å². The van der Waals surface area contributed by atoms with Crippen molar-refractivity contribution in [2.45, 2.75) is 276 Å². The molecule has 0 amide bonds. The molecule has 0 aliphatic rings. The van der Waals surface area contributed by atoms with Crippen LogP contribution >= 0.6 is 7.82 Å². The number of hydrogen-bond acceptors (Lipinski definition) is 8. The number of phosphoric acid groups is 1. The van der Waals surface area contributed by atoms with Crippen molar-refractivity contribution in [3.63, 3.8) is 0 Å². The summed E-state index contributed by atoms with van der Waals surface area (Å²) in [7, 11) is -4.62. The van der Waals surface area contributed by atoms with Gasteiger partial charge in [-0.25, -0.2) is 4.57 Å². The number of aliphatic carboxylic acids is 1. The summed E-state index contributed by atoms with van der Waals surface area (Å²) in [6.07, 6.45) is 52.7. The van der Waals surface area contributed by atoms with Crippen LogP contribution in [0.4, 0.5) is 0 Å². The lowest BCUT2D eigenvalue weighted by atomic mass is 10.0. The summed E-state index contributed by atoms with van der Waals surface area (Å²) in [5.41, 5.74) is 5.38. The third-order valence-electron chi connectivity index (χ3n) is 11.8. The highest BCUT2D eigenvalue weighted by Gasteiger charge is 2.27. The number of carboxylic acids is 1. The minimum Gasteiger partial charge on any atom is -0.480 e. The number of hydrogen-bond donors (Lipinski definition) is 3. The maximum Gasteiger partial charge on any atom is 0.472 e. The highest BCUT2D eigenvalue weighted by atomic mass is 31.2. The smallest absolute Gasteiger partial charge is 0.472 e. The van der Waals surface area contributed by atoms with Crippen LogP contribution in [0.3, 0.4) is 0 Å². The van der Waals surface area contributed by atoms with E-state index in [1.807, 2.05) is 0 Å². The van der Waals surface area contributed by atoms with Crippen LogP contribution < -0.4 is 5.73 Å². The largest absolute Gasteiger partial charge is 0.480 e. The number of carboxylic acid groups (broad SMARTS) is 1. The number of allylic oxidation sites excluding steroid dienone is 2. The molecule has 0 fully saturated rings. The number of ether oxygens (including phenoxy) is 2. The van der Waals surface area contributed by atoms with Crippen molar-refractivity contribution in [1.82, 2.24) is 0 Å². The van der Waals surface area contributed by atoms with Crippen molar-refractivity contribution in [2.24, 2.45) is 5.73 Å². The van der Waals surface area contributed by atoms with Gasteiger partial charge in [-0.2, -0.15) is 0 Å². The van der Waals surface area contributed by atoms with Gasteiger partial charge >= 0.3 is 19.8 Å². The first-order valence-corrected chi connectivity index (χ1v) is 27.7. The molecule has 3 atom stereocenters. The molecule has 0 saturated heterocycles. The molecule has 10 nitrogen and oxygen atoms in total. The second-order valence-electron chi connectivity index (χ2n) is 18.0. The van der Waals surface area contributed by atoms with Crippen molar-refractivity contribution in [3.05, 3.63) is 12.2 Å². The van der Waals surface area contributed by atoms with E-state index in [1.54, 1.807) is 0 Å². The lowest BCUT2D eigenvalue weighted by molar-refractivity contribution is -0.154. The fourth-order valence-corrected chi connectivity index (χ4v) is 8.50. The van der Waals surface area contributed by atoms with E-state index >= 15 is 0 Å². The van der Waals surface area contributed by atoms with Crippen LogP contribution in [-0.2, 0) is 32.7 Å². The Hall–Kier alpha value is -1.29. The third kappa shape index (κ3) is 46.7. The van der Waals surface area contributed by atoms with Crippen LogP contribution in [0.25, 0.3) is 0 Å². The molecule has 0 spiro atoms. The number of phosphoric ester groups is 1. The molecule has 62 heavy (non-hydrogen) atoms. The molecule has 0 heterocycles. The summed E-state index contributed by atoms with van der Waals surface area (Å²) < 4.78 is 33.5. The normalized spacial score (nSPS) is 13.7. The van der Waals surface area contributed by atoms with Crippen LogP contribution in [-0.4, -0.2) is 60.5 Å². The molecule has 0 bridgehead atoms. The lowest BCUT2D eigenvalue weighted by Gasteiger charge is -2.20. The molecule has 0 aliphatic carbocycles. The van der Waals surface area contributed by atoms with E-state index < -0.39 is 45.1 Å². The number of carbonyl (C=O) groups is 2. The Morgan fingerprint density at radius 2 is 0.839 bits per heavy atom. The topological polar surface area (TPSA) is 155 Å². The summed E-state index contributed by atoms with van der Waals surface area (Å²) in [6, 6.07) is -1.47. The summed E-state index contributed by atoms with van der Waals surface area (Å²) in [6.45, 7) is 3.94. The van der Waals surface area contributed by atoms with Crippen molar-refractivity contribution in [1.29, 1.82) is 0 Å². The Balaban J connectivity index is 4.09. The maximum absolute atomic E-state index is 12.7. The first-order chi connectivity index (χ1) is 30.2. The SMILES string of the molecule is CCCCCCCC/C=C\CCCCCCCCCCCCOCC(COP(=O)(O)OCC(N)C(=O)O)OC(=O)CCCCCCCCCCCCCCCCCCCCCC. The molecule has 0 aromatic rings. The van der Waals surface area contributed by atoms with Gasteiger partial charge in [-0.1, -0.05) is 231 Å². The number of unbranched alkanes of at least 4 members (excludes halogenated alkanes) is 35. The quantitative estimate of drug-likeness (QED) is 0.0233. The molecular weight excluding hydrogens is 802 g/mol. The van der Waals surface area contributed by atoms with Gasteiger partial charge in [0.1, 0.15) is 12.1 Å². The van der Waals surface area contributed by atoms with Crippen molar-refractivity contribution >= 4 is 19.8 Å². The standard InChI is InChI=1S/C51H100NO9P/c1-3-5-7-9-11-13-15-17-19-21-23-25-27-29-31-33-35-37-39-41-43-50(53)61-48(46-59-62(56,57)60-47-49(52)51(54)55)45-58-44-42-40-38-36-34-32-30-28-26-24-22-20-18-16-14-12-10-8-6-4-2/h18,20,48-49H,3-17,19,21-47,52H2,1-2H3,(H,54,55)(H,56,57)/b20-18-. The van der Waals surface area contributed by atoms with Crippen LogP contribution in [0.5, 0.6) is 0 Å². The van der Waals surface area contributed by atoms with E-state index in [-0.39, 0.29) is 13.0 Å². The summed E-state index contributed by atoms with van der Waals surface area (Å²) in [4.78, 5) is 33.7. The zero-order chi connectivity index (χ0) is 45.5. The molecule has 0 aliphatic heterocycles. The molecule has 0 saturated carbocycles. The summed E-state index contributed by atoms with van der Waals surface area (Å²) in [5.74, 6) is -1.76. The van der Waals surface area contributed by atoms with E-state index in [0.717, 1.165) is 38.5 Å². The Kier molecular flexibility index (Phi) is 46.7. The molecule has 3 unspecified atom stereocenters. The van der Waals surface area contributed by atoms with Crippen LogP contribution in [0.2, 0.25) is 0 Å². The highest BCUT2D eigenvalue weighted by molar-refractivity contribution is 7.47. The van der Waals surface area contributed by atoms with E-state index in [9.17, 15) is 19.0 Å². The van der Waals surface area contributed by atoms with E-state index in [0.29, 0.717) is 6.61 Å². The van der Waals surface area contributed by atoms with Crippen molar-refractivity contribution in [2.75, 3.05) is 26.4 Å². The zero-order valence-corrected chi connectivity index (χ0v) is 41.4. The maximum atomic E-state index is 12.7. The monoisotopic (exact) mass is 902 g/mol. The van der Waals surface area contributed by atoms with E-state index in [2.05, 4.69) is 26.0 Å². The molecule has 368 valence electrons. The second-order valence-corrected chi connectivity index (χ2v) is 19.5. The molecule has 0 aromatic carbocycles. The number of carbonyl (C=O) groups excluding carboxylic acids is 1. The average molecular weight is 902 g/mol. The molecule has 0 rings (SSSR count). The Morgan fingerprint density at radius 1 is 0.500 bits per heavy atom. The number of esters is 1. The predicted molar refractivity (Wildman–Crippen MR) is 259 cm³/mol. The fourth-order valence-electron chi connectivity index (χ4n) is 7.72. The van der Waals surface area contributed by atoms with Crippen LogP contribution in [0.1, 0.15) is 264 Å².